The molecule has 0 aliphatic carbocycles. The lowest BCUT2D eigenvalue weighted by Gasteiger charge is -2.24. The van der Waals surface area contributed by atoms with E-state index in [-0.39, 0.29) is 12.3 Å². The maximum atomic E-state index is 12.4. The van der Waals surface area contributed by atoms with Gasteiger partial charge in [0.25, 0.3) is 0 Å². The van der Waals surface area contributed by atoms with Crippen LogP contribution in [0.25, 0.3) is 0 Å². The van der Waals surface area contributed by atoms with Gasteiger partial charge in [-0.3, -0.25) is 9.59 Å². The van der Waals surface area contributed by atoms with E-state index in [4.69, 9.17) is 0 Å². The standard InChI is InChI=1S/C15H16BrNO3/c1-9(2)5-6-15(8-13(18)19)11-4-3-10(16)7-12(11)17-14(15)20/h3-5,7H,6,8H2,1-2H3,(H,17,20)(H,18,19)/t15-/m0/s1. The lowest BCUT2D eigenvalue weighted by Crippen LogP contribution is -2.36. The van der Waals surface area contributed by atoms with E-state index in [1.54, 1.807) is 6.07 Å². The van der Waals surface area contributed by atoms with Crippen molar-refractivity contribution in [3.63, 3.8) is 0 Å². The van der Waals surface area contributed by atoms with Crippen LogP contribution in [-0.4, -0.2) is 17.0 Å². The Morgan fingerprint density at radius 3 is 2.75 bits per heavy atom. The minimum Gasteiger partial charge on any atom is -0.481 e. The number of amides is 1. The summed E-state index contributed by atoms with van der Waals surface area (Å²) in [6.07, 6.45) is 2.10. The van der Waals surface area contributed by atoms with Crippen LogP contribution in [0.2, 0.25) is 0 Å². The number of fused-ring (bicyclic) bond motifs is 1. The molecule has 1 aromatic rings. The third-order valence-corrected chi connectivity index (χ3v) is 3.99. The first-order chi connectivity index (χ1) is 9.35. The largest absolute Gasteiger partial charge is 0.481 e. The first kappa shape index (κ1) is 14.8. The van der Waals surface area contributed by atoms with Gasteiger partial charge in [-0.2, -0.15) is 0 Å². The molecule has 5 heteroatoms. The normalized spacial score (nSPS) is 20.2. The molecule has 4 nitrogen and oxygen atoms in total. The van der Waals surface area contributed by atoms with Crippen LogP contribution in [0.4, 0.5) is 5.69 Å². The zero-order valence-electron chi connectivity index (χ0n) is 11.4. The van der Waals surface area contributed by atoms with Crippen LogP contribution in [0.5, 0.6) is 0 Å². The quantitative estimate of drug-likeness (QED) is 0.826. The van der Waals surface area contributed by atoms with Gasteiger partial charge in [0.15, 0.2) is 0 Å². The fourth-order valence-electron chi connectivity index (χ4n) is 2.49. The summed E-state index contributed by atoms with van der Waals surface area (Å²) >= 11 is 3.36. The summed E-state index contributed by atoms with van der Waals surface area (Å²) in [5.74, 6) is -1.22. The van der Waals surface area contributed by atoms with Gasteiger partial charge in [-0.15, -0.1) is 0 Å². The highest BCUT2D eigenvalue weighted by atomic mass is 79.9. The summed E-state index contributed by atoms with van der Waals surface area (Å²) in [5, 5.41) is 12.0. The number of nitrogens with one attached hydrogen (secondary N) is 1. The summed E-state index contributed by atoms with van der Waals surface area (Å²) < 4.78 is 0.852. The number of halogens is 1. The number of rotatable bonds is 4. The Hall–Kier alpha value is -1.62. The third-order valence-electron chi connectivity index (χ3n) is 3.49. The molecule has 0 aromatic heterocycles. The van der Waals surface area contributed by atoms with Crippen molar-refractivity contribution in [3.8, 4) is 0 Å². The van der Waals surface area contributed by atoms with Gasteiger partial charge in [-0.1, -0.05) is 33.6 Å². The van der Waals surface area contributed by atoms with Gasteiger partial charge in [-0.25, -0.2) is 0 Å². The highest BCUT2D eigenvalue weighted by Crippen LogP contribution is 2.44. The average Bonchev–Trinajstić information content (AvgIpc) is 2.58. The lowest BCUT2D eigenvalue weighted by atomic mass is 9.75. The Balaban J connectivity index is 2.54. The van der Waals surface area contributed by atoms with E-state index in [9.17, 15) is 14.7 Å². The van der Waals surface area contributed by atoms with E-state index in [0.717, 1.165) is 15.6 Å². The Morgan fingerprint density at radius 2 is 2.15 bits per heavy atom. The van der Waals surface area contributed by atoms with Crippen molar-refractivity contribution in [2.24, 2.45) is 0 Å². The maximum absolute atomic E-state index is 12.4. The second-order valence-electron chi connectivity index (χ2n) is 5.28. The molecule has 1 atom stereocenters. The summed E-state index contributed by atoms with van der Waals surface area (Å²) in [6, 6.07) is 5.46. The number of carbonyl (C=O) groups is 2. The van der Waals surface area contributed by atoms with Crippen LogP contribution >= 0.6 is 15.9 Å². The molecule has 0 spiro atoms. The minimum absolute atomic E-state index is 0.211. The van der Waals surface area contributed by atoms with Crippen molar-refractivity contribution in [2.45, 2.75) is 32.1 Å². The number of carboxylic acid groups (broad SMARTS) is 1. The van der Waals surface area contributed by atoms with Gasteiger partial charge in [0.2, 0.25) is 5.91 Å². The highest BCUT2D eigenvalue weighted by Gasteiger charge is 2.47. The number of carboxylic acids is 1. The van der Waals surface area contributed by atoms with E-state index < -0.39 is 11.4 Å². The van der Waals surface area contributed by atoms with Crippen LogP contribution < -0.4 is 5.32 Å². The van der Waals surface area contributed by atoms with Gasteiger partial charge in [0.1, 0.15) is 0 Å². The highest BCUT2D eigenvalue weighted by molar-refractivity contribution is 9.10. The molecule has 1 heterocycles. The lowest BCUT2D eigenvalue weighted by molar-refractivity contribution is -0.140. The fraction of sp³-hybridized carbons (Fsp3) is 0.333. The van der Waals surface area contributed by atoms with Crippen molar-refractivity contribution in [1.82, 2.24) is 0 Å². The van der Waals surface area contributed by atoms with Crippen LogP contribution in [0.1, 0.15) is 32.3 Å². The van der Waals surface area contributed by atoms with Gasteiger partial charge < -0.3 is 10.4 Å². The van der Waals surface area contributed by atoms with E-state index in [1.165, 1.54) is 0 Å². The molecule has 0 unspecified atom stereocenters. The topological polar surface area (TPSA) is 66.4 Å². The van der Waals surface area contributed by atoms with Gasteiger partial charge >= 0.3 is 5.97 Å². The Morgan fingerprint density at radius 1 is 1.45 bits per heavy atom. The van der Waals surface area contributed by atoms with Crippen molar-refractivity contribution < 1.29 is 14.7 Å². The first-order valence-corrected chi connectivity index (χ1v) is 7.11. The maximum Gasteiger partial charge on any atom is 0.304 e. The van der Waals surface area contributed by atoms with Crippen LogP contribution in [0.3, 0.4) is 0 Å². The van der Waals surface area contributed by atoms with Crippen LogP contribution in [0.15, 0.2) is 34.3 Å². The molecule has 20 heavy (non-hydrogen) atoms. The van der Waals surface area contributed by atoms with Crippen LogP contribution in [0, 0.1) is 0 Å². The molecule has 0 saturated carbocycles. The average molecular weight is 338 g/mol. The Kier molecular flexibility index (Phi) is 3.99. The number of anilines is 1. The van der Waals surface area contributed by atoms with Gasteiger partial charge in [0, 0.05) is 10.2 Å². The molecule has 0 fully saturated rings. The van der Waals surface area contributed by atoms with Gasteiger partial charge in [0.05, 0.1) is 11.8 Å². The molecule has 1 amide bonds. The minimum atomic E-state index is -1.01. The zero-order valence-corrected chi connectivity index (χ0v) is 13.0. The Labute approximate surface area is 126 Å². The summed E-state index contributed by atoms with van der Waals surface area (Å²) in [7, 11) is 0. The molecular formula is C15H16BrNO3. The van der Waals surface area contributed by atoms with Crippen molar-refractivity contribution in [1.29, 1.82) is 0 Å². The fourth-order valence-corrected chi connectivity index (χ4v) is 2.85. The molecular weight excluding hydrogens is 322 g/mol. The Bertz CT molecular complexity index is 605. The molecule has 0 radical (unpaired) electrons. The van der Waals surface area contributed by atoms with E-state index in [1.807, 2.05) is 32.1 Å². The van der Waals surface area contributed by atoms with E-state index >= 15 is 0 Å². The number of carbonyl (C=O) groups excluding carboxylic acids is 1. The van der Waals surface area contributed by atoms with Crippen molar-refractivity contribution >= 4 is 33.5 Å². The van der Waals surface area contributed by atoms with Gasteiger partial charge in [-0.05, 0) is 38.0 Å². The summed E-state index contributed by atoms with van der Waals surface area (Å²) in [6.45, 7) is 3.87. The molecule has 106 valence electrons. The zero-order chi connectivity index (χ0) is 14.9. The number of hydrogen-bond acceptors (Lipinski definition) is 2. The van der Waals surface area contributed by atoms with Crippen LogP contribution in [-0.2, 0) is 15.0 Å². The van der Waals surface area contributed by atoms with Crippen molar-refractivity contribution in [2.75, 3.05) is 5.32 Å². The molecule has 0 bridgehead atoms. The molecule has 2 rings (SSSR count). The molecule has 1 aliphatic heterocycles. The SMILES string of the molecule is CC(C)=CC[C@@]1(CC(=O)O)C(=O)Nc2cc(Br)ccc21. The van der Waals surface area contributed by atoms with E-state index in [0.29, 0.717) is 12.1 Å². The number of aliphatic carboxylic acids is 1. The predicted molar refractivity (Wildman–Crippen MR) is 80.8 cm³/mol. The third kappa shape index (κ3) is 2.63. The number of hydrogen-bond donors (Lipinski definition) is 2. The monoisotopic (exact) mass is 337 g/mol. The number of allylic oxidation sites excluding steroid dienone is 2. The molecule has 2 N–H and O–H groups in total. The molecule has 0 saturated heterocycles. The summed E-state index contributed by atoms with van der Waals surface area (Å²) in [4.78, 5) is 23.6. The molecule has 1 aliphatic rings. The number of benzene rings is 1. The first-order valence-electron chi connectivity index (χ1n) is 6.32. The second-order valence-corrected chi connectivity index (χ2v) is 6.20. The summed E-state index contributed by atoms with van der Waals surface area (Å²) in [5.41, 5.74) is 1.49. The molecule has 1 aromatic carbocycles. The van der Waals surface area contributed by atoms with E-state index in [2.05, 4.69) is 21.2 Å². The smallest absolute Gasteiger partial charge is 0.304 e. The second kappa shape index (κ2) is 5.40. The predicted octanol–water partition coefficient (Wildman–Crippen LogP) is 3.47. The van der Waals surface area contributed by atoms with Crippen molar-refractivity contribution in [3.05, 3.63) is 39.9 Å².